The molecule has 0 aliphatic heterocycles. The van der Waals surface area contributed by atoms with E-state index in [-0.39, 0.29) is 23.6 Å². The Morgan fingerprint density at radius 1 is 1.19 bits per heavy atom. The highest BCUT2D eigenvalue weighted by Crippen LogP contribution is 2.30. The van der Waals surface area contributed by atoms with Gasteiger partial charge in [0.05, 0.1) is 0 Å². The van der Waals surface area contributed by atoms with Crippen molar-refractivity contribution in [2.45, 2.75) is 45.1 Å². The molecule has 4 rings (SSSR count). The molecule has 2 heterocycles. The highest BCUT2D eigenvalue weighted by molar-refractivity contribution is 7.14. The molecule has 0 N–H and O–H groups in total. The number of ether oxygens (including phenoxy) is 1. The zero-order valence-electron chi connectivity index (χ0n) is 14.9. The zero-order chi connectivity index (χ0) is 18.8. The van der Waals surface area contributed by atoms with Crippen molar-refractivity contribution >= 4 is 17.3 Å². The number of halogens is 1. The maximum Gasteiger partial charge on any atom is 0.349 e. The molecule has 7 heteroatoms. The smallest absolute Gasteiger partial charge is 0.349 e. The summed E-state index contributed by atoms with van der Waals surface area (Å²) in [7, 11) is 0. The number of hydrogen-bond donors (Lipinski definition) is 0. The molecule has 0 radical (unpaired) electrons. The molecule has 1 aromatic carbocycles. The van der Waals surface area contributed by atoms with Crippen LogP contribution in [-0.2, 0) is 17.6 Å². The van der Waals surface area contributed by atoms with Gasteiger partial charge in [-0.25, -0.2) is 9.18 Å². The summed E-state index contributed by atoms with van der Waals surface area (Å²) in [4.78, 5) is 14.4. The van der Waals surface area contributed by atoms with Crippen LogP contribution in [0.15, 0.2) is 34.7 Å². The van der Waals surface area contributed by atoms with Crippen molar-refractivity contribution in [1.29, 1.82) is 0 Å². The number of hydrogen-bond acceptors (Lipinski definition) is 6. The van der Waals surface area contributed by atoms with Gasteiger partial charge >= 0.3 is 5.97 Å². The molecule has 27 heavy (non-hydrogen) atoms. The molecule has 0 saturated heterocycles. The maximum absolute atomic E-state index is 13.0. The lowest BCUT2D eigenvalue weighted by Gasteiger charge is -2.08. The van der Waals surface area contributed by atoms with Crippen LogP contribution in [-0.4, -0.2) is 16.2 Å². The number of aromatic nitrogens is 2. The predicted octanol–water partition coefficient (Wildman–Crippen LogP) is 5.12. The van der Waals surface area contributed by atoms with Crippen molar-refractivity contribution in [1.82, 2.24) is 10.2 Å². The fourth-order valence-corrected chi connectivity index (χ4v) is 4.28. The molecule has 1 atom stereocenters. The van der Waals surface area contributed by atoms with Crippen LogP contribution >= 0.6 is 11.3 Å². The van der Waals surface area contributed by atoms with Crippen molar-refractivity contribution in [3.63, 3.8) is 0 Å². The SMILES string of the molecule is C[C@@H](OC(=O)c1cc2c(s1)CCCCC2)c1nnc(-c2ccc(F)cc2)o1. The van der Waals surface area contributed by atoms with E-state index in [0.29, 0.717) is 10.4 Å². The summed E-state index contributed by atoms with van der Waals surface area (Å²) in [6.07, 6.45) is 4.98. The van der Waals surface area contributed by atoms with Crippen LogP contribution in [0.2, 0.25) is 0 Å². The van der Waals surface area contributed by atoms with Crippen LogP contribution in [0.4, 0.5) is 4.39 Å². The van der Waals surface area contributed by atoms with Gasteiger partial charge in [0.2, 0.25) is 5.89 Å². The lowest BCUT2D eigenvalue weighted by Crippen LogP contribution is -2.08. The van der Waals surface area contributed by atoms with Crippen LogP contribution in [0.25, 0.3) is 11.5 Å². The summed E-state index contributed by atoms with van der Waals surface area (Å²) in [6, 6.07) is 7.72. The monoisotopic (exact) mass is 386 g/mol. The molecule has 5 nitrogen and oxygen atoms in total. The summed E-state index contributed by atoms with van der Waals surface area (Å²) in [5.41, 5.74) is 1.88. The largest absolute Gasteiger partial charge is 0.448 e. The highest BCUT2D eigenvalue weighted by Gasteiger charge is 2.23. The Balaban J connectivity index is 1.45. The van der Waals surface area contributed by atoms with Crippen LogP contribution in [0.1, 0.15) is 58.3 Å². The number of esters is 1. The minimum absolute atomic E-state index is 0.209. The average Bonchev–Trinajstić information content (AvgIpc) is 3.25. The average molecular weight is 386 g/mol. The van der Waals surface area contributed by atoms with Gasteiger partial charge in [-0.3, -0.25) is 0 Å². The van der Waals surface area contributed by atoms with Gasteiger partial charge in [0.1, 0.15) is 10.7 Å². The van der Waals surface area contributed by atoms with E-state index in [1.807, 2.05) is 6.07 Å². The molecule has 140 valence electrons. The van der Waals surface area contributed by atoms with Gasteiger partial charge in [0.15, 0.2) is 6.10 Å². The number of rotatable bonds is 4. The number of carbonyl (C=O) groups excluding carboxylic acids is 1. The highest BCUT2D eigenvalue weighted by atomic mass is 32.1. The Bertz CT molecular complexity index is 925. The molecule has 0 bridgehead atoms. The Hall–Kier alpha value is -2.54. The fourth-order valence-electron chi connectivity index (χ4n) is 3.15. The maximum atomic E-state index is 13.0. The normalized spacial score (nSPS) is 15.0. The van der Waals surface area contributed by atoms with Crippen molar-refractivity contribution < 1.29 is 18.3 Å². The van der Waals surface area contributed by atoms with E-state index in [9.17, 15) is 9.18 Å². The first kappa shape index (κ1) is 17.9. The lowest BCUT2D eigenvalue weighted by atomic mass is 10.1. The van der Waals surface area contributed by atoms with Crippen LogP contribution in [0.3, 0.4) is 0 Å². The Kier molecular flexibility index (Phi) is 5.03. The van der Waals surface area contributed by atoms with E-state index in [1.165, 1.54) is 53.2 Å². The van der Waals surface area contributed by atoms with Crippen molar-refractivity contribution in [3.05, 3.63) is 57.4 Å². The summed E-state index contributed by atoms with van der Waals surface area (Å²) in [5.74, 6) is -0.242. The third-order valence-electron chi connectivity index (χ3n) is 4.61. The number of nitrogens with zero attached hydrogens (tertiary/aromatic N) is 2. The van der Waals surface area contributed by atoms with Crippen molar-refractivity contribution in [2.75, 3.05) is 0 Å². The predicted molar refractivity (Wildman–Crippen MR) is 99.1 cm³/mol. The van der Waals surface area contributed by atoms with Crippen LogP contribution in [0.5, 0.6) is 0 Å². The van der Waals surface area contributed by atoms with Crippen LogP contribution < -0.4 is 0 Å². The molecule has 3 aromatic rings. The summed E-state index contributed by atoms with van der Waals surface area (Å²) in [6.45, 7) is 1.69. The Morgan fingerprint density at radius 2 is 1.96 bits per heavy atom. The first-order chi connectivity index (χ1) is 13.1. The minimum Gasteiger partial charge on any atom is -0.448 e. The Morgan fingerprint density at radius 3 is 2.78 bits per heavy atom. The molecule has 0 saturated carbocycles. The molecular weight excluding hydrogens is 367 g/mol. The molecule has 0 unspecified atom stereocenters. The van der Waals surface area contributed by atoms with Crippen molar-refractivity contribution in [2.24, 2.45) is 0 Å². The number of carbonyl (C=O) groups is 1. The third kappa shape index (κ3) is 3.93. The minimum atomic E-state index is -0.666. The first-order valence-electron chi connectivity index (χ1n) is 9.02. The van der Waals surface area contributed by atoms with E-state index in [2.05, 4.69) is 10.2 Å². The summed E-state index contributed by atoms with van der Waals surface area (Å²) >= 11 is 1.52. The van der Waals surface area contributed by atoms with Gasteiger partial charge in [-0.1, -0.05) is 6.42 Å². The van der Waals surface area contributed by atoms with Crippen molar-refractivity contribution in [3.8, 4) is 11.5 Å². The zero-order valence-corrected chi connectivity index (χ0v) is 15.7. The molecule has 0 fully saturated rings. The molecule has 0 amide bonds. The number of aryl methyl sites for hydroxylation is 2. The number of benzene rings is 1. The number of fused-ring (bicyclic) bond motifs is 1. The quantitative estimate of drug-likeness (QED) is 0.460. The Labute approximate surface area is 160 Å². The third-order valence-corrected chi connectivity index (χ3v) is 5.83. The van der Waals surface area contributed by atoms with Gasteiger partial charge in [0.25, 0.3) is 5.89 Å². The molecule has 0 spiro atoms. The molecular formula is C20H19FN2O3S. The standard InChI is InChI=1S/C20H19FN2O3S/c1-12(18-22-23-19(26-18)13-7-9-15(21)10-8-13)25-20(24)17-11-14-5-3-2-4-6-16(14)27-17/h7-12H,2-6H2,1H3/t12-/m1/s1. The van der Waals surface area contributed by atoms with Crippen LogP contribution in [0, 0.1) is 5.82 Å². The van der Waals surface area contributed by atoms with Gasteiger partial charge in [0, 0.05) is 10.4 Å². The molecule has 2 aromatic heterocycles. The van der Waals surface area contributed by atoms with E-state index >= 15 is 0 Å². The van der Waals surface area contributed by atoms with Gasteiger partial charge in [-0.05, 0) is 68.5 Å². The van der Waals surface area contributed by atoms with E-state index in [4.69, 9.17) is 9.15 Å². The van der Waals surface area contributed by atoms with E-state index < -0.39 is 6.10 Å². The van der Waals surface area contributed by atoms with E-state index in [0.717, 1.165) is 12.8 Å². The van der Waals surface area contributed by atoms with Gasteiger partial charge in [-0.2, -0.15) is 0 Å². The van der Waals surface area contributed by atoms with Gasteiger partial charge < -0.3 is 9.15 Å². The topological polar surface area (TPSA) is 65.2 Å². The van der Waals surface area contributed by atoms with E-state index in [1.54, 1.807) is 19.1 Å². The second kappa shape index (κ2) is 7.60. The number of thiophene rings is 1. The molecule has 1 aliphatic rings. The first-order valence-corrected chi connectivity index (χ1v) is 9.83. The fraction of sp³-hybridized carbons (Fsp3) is 0.350. The van der Waals surface area contributed by atoms with Gasteiger partial charge in [-0.15, -0.1) is 21.5 Å². The lowest BCUT2D eigenvalue weighted by molar-refractivity contribution is 0.0285. The second-order valence-corrected chi connectivity index (χ2v) is 7.76. The summed E-state index contributed by atoms with van der Waals surface area (Å²) < 4.78 is 24.1. The molecule has 1 aliphatic carbocycles. The second-order valence-electron chi connectivity index (χ2n) is 6.62. The summed E-state index contributed by atoms with van der Waals surface area (Å²) in [5, 5.41) is 7.91.